The standard InChI is InChI=1S/C22H22F3N3O2/c1-26-18-4-2-3-5-19(18)28(21(26)30)17-10-12-27(13-11-17)20(29)14-15-6-8-16(9-7-15)22(23,24)25/h2-9,17H,10-14H2,1H3. The van der Waals surface area contributed by atoms with E-state index in [9.17, 15) is 22.8 Å². The quantitative estimate of drug-likeness (QED) is 0.652. The lowest BCUT2D eigenvalue weighted by atomic mass is 10.0. The van der Waals surface area contributed by atoms with Crippen LogP contribution in [0.4, 0.5) is 13.2 Å². The van der Waals surface area contributed by atoms with E-state index >= 15 is 0 Å². The Morgan fingerprint density at radius 2 is 1.60 bits per heavy atom. The zero-order valence-corrected chi connectivity index (χ0v) is 16.5. The van der Waals surface area contributed by atoms with Crippen molar-refractivity contribution in [1.29, 1.82) is 0 Å². The van der Waals surface area contributed by atoms with Crippen LogP contribution in [-0.2, 0) is 24.4 Å². The predicted molar refractivity (Wildman–Crippen MR) is 107 cm³/mol. The summed E-state index contributed by atoms with van der Waals surface area (Å²) >= 11 is 0. The summed E-state index contributed by atoms with van der Waals surface area (Å²) < 4.78 is 41.5. The molecule has 0 atom stereocenters. The number of halogens is 3. The van der Waals surface area contributed by atoms with Crippen LogP contribution in [0.25, 0.3) is 11.0 Å². The van der Waals surface area contributed by atoms with Crippen molar-refractivity contribution in [1.82, 2.24) is 14.0 Å². The fourth-order valence-electron chi connectivity index (χ4n) is 4.14. The Balaban J connectivity index is 1.42. The molecule has 1 fully saturated rings. The van der Waals surface area contributed by atoms with E-state index in [1.54, 1.807) is 16.5 Å². The van der Waals surface area contributed by atoms with E-state index in [2.05, 4.69) is 0 Å². The first-order valence-corrected chi connectivity index (χ1v) is 9.85. The Kier molecular flexibility index (Phi) is 5.17. The van der Waals surface area contributed by atoms with Gasteiger partial charge in [0.25, 0.3) is 0 Å². The third-order valence-corrected chi connectivity index (χ3v) is 5.81. The Labute approximate surface area is 171 Å². The number of alkyl halides is 3. The average molecular weight is 417 g/mol. The molecule has 3 aromatic rings. The first-order valence-electron chi connectivity index (χ1n) is 9.85. The molecular formula is C22H22F3N3O2. The molecular weight excluding hydrogens is 395 g/mol. The molecule has 2 aromatic carbocycles. The molecule has 5 nitrogen and oxygen atoms in total. The molecule has 8 heteroatoms. The van der Waals surface area contributed by atoms with E-state index in [0.717, 1.165) is 23.2 Å². The van der Waals surface area contributed by atoms with Crippen LogP contribution < -0.4 is 5.69 Å². The van der Waals surface area contributed by atoms with Crippen molar-refractivity contribution in [3.8, 4) is 0 Å². The van der Waals surface area contributed by atoms with Crippen molar-refractivity contribution in [2.45, 2.75) is 31.5 Å². The highest BCUT2D eigenvalue weighted by atomic mass is 19.4. The number of piperidine rings is 1. The number of likely N-dealkylation sites (tertiary alicyclic amines) is 1. The van der Waals surface area contributed by atoms with Crippen molar-refractivity contribution >= 4 is 16.9 Å². The summed E-state index contributed by atoms with van der Waals surface area (Å²) in [6, 6.07) is 12.4. The van der Waals surface area contributed by atoms with Gasteiger partial charge in [-0.1, -0.05) is 24.3 Å². The van der Waals surface area contributed by atoms with Gasteiger partial charge in [0, 0.05) is 26.2 Å². The van der Waals surface area contributed by atoms with Crippen LogP contribution in [0.2, 0.25) is 0 Å². The minimum atomic E-state index is -4.38. The highest BCUT2D eigenvalue weighted by Gasteiger charge is 2.30. The molecule has 0 radical (unpaired) electrons. The van der Waals surface area contributed by atoms with Crippen LogP contribution in [0.1, 0.15) is 30.0 Å². The van der Waals surface area contributed by atoms with Gasteiger partial charge in [0.05, 0.1) is 23.0 Å². The Bertz CT molecular complexity index is 1120. The molecule has 0 unspecified atom stereocenters. The summed E-state index contributed by atoms with van der Waals surface area (Å²) in [5, 5.41) is 0. The maximum absolute atomic E-state index is 12.7. The molecule has 1 aromatic heterocycles. The summed E-state index contributed by atoms with van der Waals surface area (Å²) in [5.41, 5.74) is 1.54. The summed E-state index contributed by atoms with van der Waals surface area (Å²) in [5.74, 6) is -0.113. The second-order valence-electron chi connectivity index (χ2n) is 7.68. The number of benzene rings is 2. The van der Waals surface area contributed by atoms with Crippen molar-refractivity contribution in [3.05, 3.63) is 70.1 Å². The maximum atomic E-state index is 12.7. The molecule has 158 valence electrons. The van der Waals surface area contributed by atoms with Gasteiger partial charge in [0.1, 0.15) is 0 Å². The van der Waals surface area contributed by atoms with E-state index < -0.39 is 11.7 Å². The number of para-hydroxylation sites is 2. The molecule has 0 N–H and O–H groups in total. The molecule has 1 aliphatic rings. The Hall–Kier alpha value is -3.03. The molecule has 30 heavy (non-hydrogen) atoms. The van der Waals surface area contributed by atoms with Gasteiger partial charge in [-0.2, -0.15) is 13.2 Å². The number of carbonyl (C=O) groups excluding carboxylic acids is 1. The van der Waals surface area contributed by atoms with Crippen LogP contribution in [0.3, 0.4) is 0 Å². The summed E-state index contributed by atoms with van der Waals surface area (Å²) in [6.07, 6.45) is -3.00. The summed E-state index contributed by atoms with van der Waals surface area (Å²) in [4.78, 5) is 27.0. The number of hydrogen-bond donors (Lipinski definition) is 0. The van der Waals surface area contributed by atoms with Crippen LogP contribution in [0.15, 0.2) is 53.3 Å². The van der Waals surface area contributed by atoms with Gasteiger partial charge in [-0.3, -0.25) is 13.9 Å². The monoisotopic (exact) mass is 417 g/mol. The molecule has 2 heterocycles. The SMILES string of the molecule is Cn1c(=O)n(C2CCN(C(=O)Cc3ccc(C(F)(F)F)cc3)CC2)c2ccccc21. The molecule has 1 amide bonds. The molecule has 1 aliphatic heterocycles. The van der Waals surface area contributed by atoms with Crippen molar-refractivity contribution < 1.29 is 18.0 Å². The number of aromatic nitrogens is 2. The first-order chi connectivity index (χ1) is 14.3. The van der Waals surface area contributed by atoms with Gasteiger partial charge in [0.2, 0.25) is 5.91 Å². The maximum Gasteiger partial charge on any atom is 0.416 e. The number of nitrogens with zero attached hydrogens (tertiary/aromatic N) is 3. The fraction of sp³-hybridized carbons (Fsp3) is 0.364. The third kappa shape index (κ3) is 3.74. The van der Waals surface area contributed by atoms with Gasteiger partial charge in [-0.25, -0.2) is 4.79 Å². The predicted octanol–water partition coefficient (Wildman–Crippen LogP) is 3.77. The van der Waals surface area contributed by atoms with E-state index in [-0.39, 0.29) is 24.1 Å². The lowest BCUT2D eigenvalue weighted by Gasteiger charge is -2.32. The Morgan fingerprint density at radius 1 is 1.00 bits per heavy atom. The highest BCUT2D eigenvalue weighted by Crippen LogP contribution is 2.29. The number of imidazole rings is 1. The molecule has 0 spiro atoms. The van der Waals surface area contributed by atoms with E-state index in [1.807, 2.05) is 28.8 Å². The zero-order chi connectivity index (χ0) is 21.5. The largest absolute Gasteiger partial charge is 0.416 e. The lowest BCUT2D eigenvalue weighted by Crippen LogP contribution is -2.41. The van der Waals surface area contributed by atoms with Crippen LogP contribution in [-0.4, -0.2) is 33.0 Å². The highest BCUT2D eigenvalue weighted by molar-refractivity contribution is 5.79. The van der Waals surface area contributed by atoms with Crippen molar-refractivity contribution in [2.24, 2.45) is 7.05 Å². The Morgan fingerprint density at radius 3 is 2.20 bits per heavy atom. The van der Waals surface area contributed by atoms with Crippen LogP contribution >= 0.6 is 0 Å². The molecule has 0 saturated carbocycles. The lowest BCUT2D eigenvalue weighted by molar-refractivity contribution is -0.137. The molecule has 0 aliphatic carbocycles. The van der Waals surface area contributed by atoms with Gasteiger partial charge < -0.3 is 4.90 Å². The number of hydrogen-bond acceptors (Lipinski definition) is 2. The van der Waals surface area contributed by atoms with Crippen LogP contribution in [0.5, 0.6) is 0 Å². The normalized spacial score (nSPS) is 15.7. The zero-order valence-electron chi connectivity index (χ0n) is 16.5. The smallest absolute Gasteiger partial charge is 0.342 e. The number of amides is 1. The van der Waals surface area contributed by atoms with Gasteiger partial charge in [-0.15, -0.1) is 0 Å². The second-order valence-corrected chi connectivity index (χ2v) is 7.68. The minimum absolute atomic E-state index is 0.0127. The van der Waals surface area contributed by atoms with E-state index in [4.69, 9.17) is 0 Å². The van der Waals surface area contributed by atoms with Crippen LogP contribution in [0, 0.1) is 0 Å². The van der Waals surface area contributed by atoms with Gasteiger partial charge in [0.15, 0.2) is 0 Å². The average Bonchev–Trinajstić information content (AvgIpc) is 2.98. The van der Waals surface area contributed by atoms with Crippen molar-refractivity contribution in [2.75, 3.05) is 13.1 Å². The molecule has 4 rings (SSSR count). The molecule has 0 bridgehead atoms. The number of carbonyl (C=O) groups is 1. The minimum Gasteiger partial charge on any atom is -0.342 e. The molecule has 1 saturated heterocycles. The second kappa shape index (κ2) is 7.66. The summed E-state index contributed by atoms with van der Waals surface area (Å²) in [6.45, 7) is 1.03. The number of rotatable bonds is 3. The number of fused-ring (bicyclic) bond motifs is 1. The third-order valence-electron chi connectivity index (χ3n) is 5.81. The van der Waals surface area contributed by atoms with E-state index in [0.29, 0.717) is 31.5 Å². The summed E-state index contributed by atoms with van der Waals surface area (Å²) in [7, 11) is 1.75. The topological polar surface area (TPSA) is 47.2 Å². The number of aryl methyl sites for hydroxylation is 1. The van der Waals surface area contributed by atoms with E-state index in [1.165, 1.54) is 12.1 Å². The van der Waals surface area contributed by atoms with Gasteiger partial charge in [-0.05, 0) is 42.7 Å². The van der Waals surface area contributed by atoms with Crippen molar-refractivity contribution in [3.63, 3.8) is 0 Å². The fourth-order valence-corrected chi connectivity index (χ4v) is 4.14. The first kappa shape index (κ1) is 20.3. The van der Waals surface area contributed by atoms with Gasteiger partial charge >= 0.3 is 11.9 Å².